The number of hydrogen-bond acceptors (Lipinski definition) is 6. The summed E-state index contributed by atoms with van der Waals surface area (Å²) in [5, 5.41) is 6.35. The van der Waals surface area contributed by atoms with Crippen LogP contribution in [0.2, 0.25) is 0 Å². The lowest BCUT2D eigenvalue weighted by Gasteiger charge is -2.12. The van der Waals surface area contributed by atoms with Crippen LogP contribution in [0.4, 0.5) is 10.8 Å². The zero-order chi connectivity index (χ0) is 25.1. The third-order valence-electron chi connectivity index (χ3n) is 5.59. The minimum Gasteiger partial charge on any atom is -0.497 e. The molecule has 0 spiro atoms. The highest BCUT2D eigenvalue weighted by atomic mass is 32.1. The van der Waals surface area contributed by atoms with E-state index >= 15 is 0 Å². The first kappa shape index (κ1) is 24.2. The van der Waals surface area contributed by atoms with Crippen molar-refractivity contribution in [3.8, 4) is 11.5 Å². The lowest BCUT2D eigenvalue weighted by Crippen LogP contribution is -2.14. The fourth-order valence-electron chi connectivity index (χ4n) is 4.00. The lowest BCUT2D eigenvalue weighted by atomic mass is 10.0. The van der Waals surface area contributed by atoms with Crippen molar-refractivity contribution in [2.24, 2.45) is 0 Å². The summed E-state index contributed by atoms with van der Waals surface area (Å²) in [6.07, 6.45) is 0.145. The van der Waals surface area contributed by atoms with Gasteiger partial charge in [-0.3, -0.25) is 9.59 Å². The molecule has 2 N–H and O–H groups in total. The quantitative estimate of drug-likeness (QED) is 0.349. The van der Waals surface area contributed by atoms with Crippen LogP contribution in [0.3, 0.4) is 0 Å². The second-order valence-electron chi connectivity index (χ2n) is 8.38. The molecule has 7 nitrogen and oxygen atoms in total. The van der Waals surface area contributed by atoms with Crippen LogP contribution in [-0.4, -0.2) is 31.0 Å². The van der Waals surface area contributed by atoms with E-state index in [2.05, 4.69) is 15.6 Å². The smallest absolute Gasteiger partial charge is 0.255 e. The summed E-state index contributed by atoms with van der Waals surface area (Å²) in [6, 6.07) is 14.8. The highest BCUT2D eigenvalue weighted by Gasteiger charge is 2.14. The monoisotopic (exact) mass is 489 g/mol. The van der Waals surface area contributed by atoms with Crippen molar-refractivity contribution in [1.82, 2.24) is 4.98 Å². The van der Waals surface area contributed by atoms with Gasteiger partial charge in [-0.1, -0.05) is 29.0 Å². The highest BCUT2D eigenvalue weighted by molar-refractivity contribution is 7.22. The Bertz CT molecular complexity index is 1380. The van der Waals surface area contributed by atoms with Gasteiger partial charge in [-0.05, 0) is 67.8 Å². The molecule has 35 heavy (non-hydrogen) atoms. The van der Waals surface area contributed by atoms with Crippen LogP contribution in [0.15, 0.2) is 48.5 Å². The number of fused-ring (bicyclic) bond motifs is 1. The molecule has 3 aromatic carbocycles. The molecule has 0 unspecified atom stereocenters. The third kappa shape index (κ3) is 5.60. The van der Waals surface area contributed by atoms with Crippen molar-refractivity contribution in [2.45, 2.75) is 27.2 Å². The summed E-state index contributed by atoms with van der Waals surface area (Å²) < 4.78 is 11.4. The Labute approximate surface area is 208 Å². The molecular weight excluding hydrogens is 462 g/mol. The van der Waals surface area contributed by atoms with Gasteiger partial charge in [0.1, 0.15) is 11.5 Å². The first-order valence-electron chi connectivity index (χ1n) is 11.1. The molecule has 180 valence electrons. The molecule has 0 aliphatic carbocycles. The standard InChI is InChI=1S/C27H27N3O4S/c1-15-8-16(2)25(17(3)9-15)30-26(32)19-6-7-22-23(13-19)35-27(28-22)29-24(31)12-18-10-20(33-4)14-21(11-18)34-5/h6-11,13-14H,12H2,1-5H3,(H,30,32)(H,28,29,31). The van der Waals surface area contributed by atoms with Crippen molar-refractivity contribution in [2.75, 3.05) is 24.9 Å². The van der Waals surface area contributed by atoms with Crippen LogP contribution >= 0.6 is 11.3 Å². The fraction of sp³-hybridized carbons (Fsp3) is 0.222. The second-order valence-corrected chi connectivity index (χ2v) is 9.41. The topological polar surface area (TPSA) is 89.5 Å². The highest BCUT2D eigenvalue weighted by Crippen LogP contribution is 2.29. The van der Waals surface area contributed by atoms with Crippen LogP contribution < -0.4 is 20.1 Å². The van der Waals surface area contributed by atoms with Crippen LogP contribution in [0.1, 0.15) is 32.6 Å². The Kier molecular flexibility index (Phi) is 7.02. The van der Waals surface area contributed by atoms with Gasteiger partial charge in [-0.25, -0.2) is 4.98 Å². The van der Waals surface area contributed by atoms with Crippen molar-refractivity contribution in [3.63, 3.8) is 0 Å². The number of nitrogens with one attached hydrogen (secondary N) is 2. The number of thiazole rings is 1. The average Bonchev–Trinajstić information content (AvgIpc) is 3.21. The molecule has 0 fully saturated rings. The molecule has 0 radical (unpaired) electrons. The molecule has 4 aromatic rings. The Morgan fingerprint density at radius 3 is 2.17 bits per heavy atom. The van der Waals surface area contributed by atoms with Crippen LogP contribution in [0.25, 0.3) is 10.2 Å². The van der Waals surface area contributed by atoms with Crippen molar-refractivity contribution < 1.29 is 19.1 Å². The summed E-state index contributed by atoms with van der Waals surface area (Å²) in [7, 11) is 3.13. The molecule has 2 amide bonds. The zero-order valence-corrected chi connectivity index (χ0v) is 21.1. The maximum Gasteiger partial charge on any atom is 0.255 e. The second kappa shape index (κ2) is 10.1. The zero-order valence-electron chi connectivity index (χ0n) is 20.3. The predicted octanol–water partition coefficient (Wildman–Crippen LogP) is 5.67. The first-order chi connectivity index (χ1) is 16.7. The number of carbonyl (C=O) groups excluding carboxylic acids is 2. The summed E-state index contributed by atoms with van der Waals surface area (Å²) in [5.41, 5.74) is 6.04. The number of rotatable bonds is 7. The molecule has 0 aliphatic heterocycles. The van der Waals surface area contributed by atoms with Gasteiger partial charge in [0.2, 0.25) is 5.91 Å². The molecule has 1 heterocycles. The Morgan fingerprint density at radius 1 is 0.886 bits per heavy atom. The average molecular weight is 490 g/mol. The molecular formula is C27H27N3O4S. The number of carbonyl (C=O) groups is 2. The van der Waals surface area contributed by atoms with Gasteiger partial charge in [0.25, 0.3) is 5.91 Å². The van der Waals surface area contributed by atoms with Crippen molar-refractivity contribution >= 4 is 44.2 Å². The maximum absolute atomic E-state index is 12.9. The normalized spacial score (nSPS) is 10.8. The van der Waals surface area contributed by atoms with Crippen LogP contribution in [0, 0.1) is 20.8 Å². The van der Waals surface area contributed by atoms with Gasteiger partial charge >= 0.3 is 0 Å². The fourth-order valence-corrected chi connectivity index (χ4v) is 4.92. The van der Waals surface area contributed by atoms with Gasteiger partial charge in [0.05, 0.1) is 30.9 Å². The van der Waals surface area contributed by atoms with E-state index in [1.165, 1.54) is 11.3 Å². The number of nitrogens with zero attached hydrogens (tertiary/aromatic N) is 1. The minimum absolute atomic E-state index is 0.145. The largest absolute Gasteiger partial charge is 0.497 e. The number of ether oxygens (including phenoxy) is 2. The Balaban J connectivity index is 1.48. The van der Waals surface area contributed by atoms with E-state index in [-0.39, 0.29) is 18.2 Å². The van der Waals surface area contributed by atoms with Crippen molar-refractivity contribution in [1.29, 1.82) is 0 Å². The molecule has 8 heteroatoms. The molecule has 0 saturated heterocycles. The summed E-state index contributed by atoms with van der Waals surface area (Å²) in [4.78, 5) is 30.0. The van der Waals surface area contributed by atoms with Gasteiger partial charge < -0.3 is 20.1 Å². The number of amides is 2. The van der Waals surface area contributed by atoms with Crippen molar-refractivity contribution in [3.05, 3.63) is 76.3 Å². The number of aryl methyl sites for hydroxylation is 3. The van der Waals surface area contributed by atoms with Gasteiger partial charge in [-0.2, -0.15) is 0 Å². The molecule has 0 saturated carbocycles. The Morgan fingerprint density at radius 2 is 1.54 bits per heavy atom. The van der Waals surface area contributed by atoms with Crippen LogP contribution in [0.5, 0.6) is 11.5 Å². The van der Waals surface area contributed by atoms with E-state index in [0.717, 1.165) is 32.6 Å². The molecule has 1 aromatic heterocycles. The summed E-state index contributed by atoms with van der Waals surface area (Å²) in [6.45, 7) is 6.00. The van der Waals surface area contributed by atoms with Crippen LogP contribution in [-0.2, 0) is 11.2 Å². The lowest BCUT2D eigenvalue weighted by molar-refractivity contribution is -0.115. The number of methoxy groups -OCH3 is 2. The van der Waals surface area contributed by atoms with Gasteiger partial charge in [-0.15, -0.1) is 0 Å². The number of anilines is 2. The van der Waals surface area contributed by atoms with E-state index in [4.69, 9.17) is 9.47 Å². The number of hydrogen-bond donors (Lipinski definition) is 2. The first-order valence-corrected chi connectivity index (χ1v) is 11.9. The minimum atomic E-state index is -0.206. The van der Waals surface area contributed by atoms with E-state index in [0.29, 0.717) is 27.7 Å². The molecule has 4 rings (SSSR count). The molecule has 0 aliphatic rings. The molecule has 0 bridgehead atoms. The number of aromatic nitrogens is 1. The SMILES string of the molecule is COc1cc(CC(=O)Nc2nc3ccc(C(=O)Nc4c(C)cc(C)cc4C)cc3s2)cc(OC)c1. The predicted molar refractivity (Wildman–Crippen MR) is 140 cm³/mol. The Hall–Kier alpha value is -3.91. The molecule has 0 atom stereocenters. The third-order valence-corrected chi connectivity index (χ3v) is 6.52. The van der Waals surface area contributed by atoms with E-state index in [1.807, 2.05) is 32.9 Å². The van der Waals surface area contributed by atoms with E-state index in [1.54, 1.807) is 50.6 Å². The number of benzene rings is 3. The maximum atomic E-state index is 12.9. The summed E-state index contributed by atoms with van der Waals surface area (Å²) >= 11 is 1.33. The van der Waals surface area contributed by atoms with E-state index < -0.39 is 0 Å². The van der Waals surface area contributed by atoms with Gasteiger partial charge in [0, 0.05) is 17.3 Å². The summed E-state index contributed by atoms with van der Waals surface area (Å²) in [5.74, 6) is 0.846. The van der Waals surface area contributed by atoms with Gasteiger partial charge in [0.15, 0.2) is 5.13 Å². The van der Waals surface area contributed by atoms with E-state index in [9.17, 15) is 9.59 Å².